The van der Waals surface area contributed by atoms with Crippen molar-refractivity contribution < 1.29 is 14.6 Å². The van der Waals surface area contributed by atoms with Crippen molar-refractivity contribution in [2.45, 2.75) is 38.0 Å². The van der Waals surface area contributed by atoms with Gasteiger partial charge in [-0.05, 0) is 48.6 Å². The predicted molar refractivity (Wildman–Crippen MR) is 81.6 cm³/mol. The second-order valence-electron chi connectivity index (χ2n) is 6.32. The summed E-state index contributed by atoms with van der Waals surface area (Å²) in [6.07, 6.45) is 1.87. The molecular formula is C17H25NO3. The van der Waals surface area contributed by atoms with Crippen LogP contribution in [0.1, 0.15) is 30.6 Å². The molecule has 4 nitrogen and oxygen atoms in total. The number of likely N-dealkylation sites (tertiary alicyclic amines) is 1. The molecule has 0 saturated carbocycles. The van der Waals surface area contributed by atoms with Crippen molar-refractivity contribution in [3.8, 4) is 5.75 Å². The first kappa shape index (κ1) is 14.8. The lowest BCUT2D eigenvalue weighted by Crippen LogP contribution is -2.49. The minimum atomic E-state index is -0.430. The van der Waals surface area contributed by atoms with E-state index >= 15 is 0 Å². The van der Waals surface area contributed by atoms with Crippen LogP contribution in [0.4, 0.5) is 0 Å². The van der Waals surface area contributed by atoms with E-state index in [-0.39, 0.29) is 12.1 Å². The minimum absolute atomic E-state index is 0.164. The first-order valence-electron chi connectivity index (χ1n) is 7.75. The van der Waals surface area contributed by atoms with Gasteiger partial charge in [0.05, 0.1) is 19.3 Å². The van der Waals surface area contributed by atoms with E-state index in [2.05, 4.69) is 17.9 Å². The van der Waals surface area contributed by atoms with E-state index in [0.29, 0.717) is 5.92 Å². The lowest BCUT2D eigenvalue weighted by molar-refractivity contribution is -0.0396. The van der Waals surface area contributed by atoms with Crippen LogP contribution in [0, 0.1) is 5.92 Å². The first-order chi connectivity index (χ1) is 10.1. The Kier molecular flexibility index (Phi) is 4.20. The highest BCUT2D eigenvalue weighted by atomic mass is 16.5. The van der Waals surface area contributed by atoms with Crippen LogP contribution in [-0.4, -0.2) is 49.5 Å². The standard InChI is InChI=1S/C17H25NO3/c1-11-6-7-18(10-16(11)21-3)15-8-12-4-5-13(20-2)9-14(12)17(15)19/h4-5,9,11,15-17,19H,6-8,10H2,1-3H3. The molecule has 0 aromatic heterocycles. The normalized spacial score (nSPS) is 33.0. The highest BCUT2D eigenvalue weighted by Gasteiger charge is 2.38. The summed E-state index contributed by atoms with van der Waals surface area (Å²) in [7, 11) is 3.45. The van der Waals surface area contributed by atoms with E-state index in [1.165, 1.54) is 5.56 Å². The summed E-state index contributed by atoms with van der Waals surface area (Å²) in [5, 5.41) is 10.7. The molecule has 1 aliphatic heterocycles. The summed E-state index contributed by atoms with van der Waals surface area (Å²) in [4.78, 5) is 2.39. The lowest BCUT2D eigenvalue weighted by atomic mass is 9.94. The van der Waals surface area contributed by atoms with Crippen molar-refractivity contribution in [1.82, 2.24) is 4.90 Å². The fraction of sp³-hybridized carbons (Fsp3) is 0.647. The molecule has 3 rings (SSSR count). The van der Waals surface area contributed by atoms with Gasteiger partial charge in [-0.2, -0.15) is 0 Å². The number of aliphatic hydroxyl groups excluding tert-OH is 1. The fourth-order valence-corrected chi connectivity index (χ4v) is 3.70. The Hall–Kier alpha value is -1.10. The van der Waals surface area contributed by atoms with Gasteiger partial charge in [-0.15, -0.1) is 0 Å². The molecule has 1 aromatic rings. The molecule has 4 atom stereocenters. The number of benzene rings is 1. The maximum absolute atomic E-state index is 10.7. The molecule has 1 saturated heterocycles. The molecule has 0 amide bonds. The van der Waals surface area contributed by atoms with Crippen LogP contribution >= 0.6 is 0 Å². The summed E-state index contributed by atoms with van der Waals surface area (Å²) in [5.41, 5.74) is 2.26. The monoisotopic (exact) mass is 291 g/mol. The van der Waals surface area contributed by atoms with Gasteiger partial charge in [0.2, 0.25) is 0 Å². The molecule has 2 aliphatic rings. The van der Waals surface area contributed by atoms with Gasteiger partial charge in [0.1, 0.15) is 5.75 Å². The second-order valence-corrected chi connectivity index (χ2v) is 6.32. The van der Waals surface area contributed by atoms with Crippen LogP contribution in [0.15, 0.2) is 18.2 Å². The number of methoxy groups -OCH3 is 2. The summed E-state index contributed by atoms with van der Waals surface area (Å²) < 4.78 is 10.9. The molecule has 4 heteroatoms. The molecule has 1 fully saturated rings. The molecule has 1 aliphatic carbocycles. The second kappa shape index (κ2) is 5.95. The van der Waals surface area contributed by atoms with Crippen LogP contribution in [0.5, 0.6) is 5.75 Å². The van der Waals surface area contributed by atoms with Crippen LogP contribution < -0.4 is 4.74 Å². The molecule has 21 heavy (non-hydrogen) atoms. The molecule has 1 heterocycles. The van der Waals surface area contributed by atoms with Gasteiger partial charge in [0.15, 0.2) is 0 Å². The molecule has 0 radical (unpaired) electrons. The zero-order valence-electron chi connectivity index (χ0n) is 13.1. The Morgan fingerprint density at radius 1 is 1.29 bits per heavy atom. The third kappa shape index (κ3) is 2.68. The fourth-order valence-electron chi connectivity index (χ4n) is 3.70. The predicted octanol–water partition coefficient (Wildman–Crippen LogP) is 2.01. The van der Waals surface area contributed by atoms with Crippen molar-refractivity contribution >= 4 is 0 Å². The molecule has 1 aromatic carbocycles. The first-order valence-corrected chi connectivity index (χ1v) is 7.75. The van der Waals surface area contributed by atoms with Crippen molar-refractivity contribution in [2.75, 3.05) is 27.3 Å². The van der Waals surface area contributed by atoms with Gasteiger partial charge >= 0.3 is 0 Å². The zero-order chi connectivity index (χ0) is 15.0. The SMILES string of the molecule is COc1ccc2c(c1)C(O)C(N1CCC(C)C(OC)C1)C2. The molecule has 4 unspecified atom stereocenters. The third-order valence-corrected chi connectivity index (χ3v) is 5.16. The van der Waals surface area contributed by atoms with Crippen LogP contribution in [0.3, 0.4) is 0 Å². The van der Waals surface area contributed by atoms with Gasteiger partial charge in [-0.1, -0.05) is 13.0 Å². The number of ether oxygens (including phenoxy) is 2. The van der Waals surface area contributed by atoms with Crippen molar-refractivity contribution in [3.05, 3.63) is 29.3 Å². The average Bonchev–Trinajstić information content (AvgIpc) is 2.84. The Balaban J connectivity index is 1.76. The number of piperidine rings is 1. The van der Waals surface area contributed by atoms with Gasteiger partial charge in [-0.25, -0.2) is 0 Å². The quantitative estimate of drug-likeness (QED) is 0.925. The van der Waals surface area contributed by atoms with E-state index < -0.39 is 6.10 Å². The third-order valence-electron chi connectivity index (χ3n) is 5.16. The summed E-state index contributed by atoms with van der Waals surface area (Å²) in [6.45, 7) is 4.19. The smallest absolute Gasteiger partial charge is 0.119 e. The number of rotatable bonds is 3. The molecule has 1 N–H and O–H groups in total. The summed E-state index contributed by atoms with van der Waals surface area (Å²) in [6, 6.07) is 6.19. The van der Waals surface area contributed by atoms with Crippen LogP contribution in [-0.2, 0) is 11.2 Å². The van der Waals surface area contributed by atoms with Crippen LogP contribution in [0.25, 0.3) is 0 Å². The molecule has 0 bridgehead atoms. The number of aliphatic hydroxyl groups is 1. The largest absolute Gasteiger partial charge is 0.497 e. The van der Waals surface area contributed by atoms with E-state index in [1.54, 1.807) is 14.2 Å². The van der Waals surface area contributed by atoms with Gasteiger partial charge in [0.25, 0.3) is 0 Å². The van der Waals surface area contributed by atoms with E-state index in [9.17, 15) is 5.11 Å². The van der Waals surface area contributed by atoms with Gasteiger partial charge in [-0.3, -0.25) is 4.90 Å². The summed E-state index contributed by atoms with van der Waals surface area (Å²) >= 11 is 0. The highest BCUT2D eigenvalue weighted by molar-refractivity contribution is 5.41. The van der Waals surface area contributed by atoms with E-state index in [4.69, 9.17) is 9.47 Å². The maximum Gasteiger partial charge on any atom is 0.119 e. The summed E-state index contributed by atoms with van der Waals surface area (Å²) in [5.74, 6) is 1.41. The van der Waals surface area contributed by atoms with Crippen molar-refractivity contribution in [3.63, 3.8) is 0 Å². The Morgan fingerprint density at radius 3 is 2.81 bits per heavy atom. The lowest BCUT2D eigenvalue weighted by Gasteiger charge is -2.40. The minimum Gasteiger partial charge on any atom is -0.497 e. The zero-order valence-corrected chi connectivity index (χ0v) is 13.1. The number of fused-ring (bicyclic) bond motifs is 1. The van der Waals surface area contributed by atoms with Crippen molar-refractivity contribution in [1.29, 1.82) is 0 Å². The Labute approximate surface area is 126 Å². The van der Waals surface area contributed by atoms with E-state index in [0.717, 1.165) is 37.2 Å². The number of hydrogen-bond donors (Lipinski definition) is 1. The topological polar surface area (TPSA) is 41.9 Å². The average molecular weight is 291 g/mol. The maximum atomic E-state index is 10.7. The Morgan fingerprint density at radius 2 is 2.10 bits per heavy atom. The van der Waals surface area contributed by atoms with E-state index in [1.807, 2.05) is 12.1 Å². The van der Waals surface area contributed by atoms with Crippen molar-refractivity contribution in [2.24, 2.45) is 5.92 Å². The van der Waals surface area contributed by atoms with Gasteiger partial charge in [0, 0.05) is 19.7 Å². The molecular weight excluding hydrogens is 266 g/mol. The molecule has 116 valence electrons. The van der Waals surface area contributed by atoms with Crippen LogP contribution in [0.2, 0.25) is 0 Å². The van der Waals surface area contributed by atoms with Gasteiger partial charge < -0.3 is 14.6 Å². The Bertz CT molecular complexity index is 505. The number of nitrogens with zero attached hydrogens (tertiary/aromatic N) is 1. The molecule has 0 spiro atoms. The number of hydrogen-bond acceptors (Lipinski definition) is 4. The highest BCUT2D eigenvalue weighted by Crippen LogP contribution is 2.38.